The van der Waals surface area contributed by atoms with Gasteiger partial charge in [0.05, 0.1) is 31.5 Å². The number of carbonyl (C=O) groups is 1. The van der Waals surface area contributed by atoms with Crippen molar-refractivity contribution in [2.75, 3.05) is 11.8 Å². The number of methoxy groups -OCH3 is 1. The SMILES string of the molecule is COC(=O)Cn1cc(NS(=O)(=O)c2cnc[nH]2)cn1. The van der Waals surface area contributed by atoms with Crippen LogP contribution in [0.2, 0.25) is 0 Å². The summed E-state index contributed by atoms with van der Waals surface area (Å²) in [6.07, 6.45) is 5.11. The molecule has 0 saturated carbocycles. The highest BCUT2D eigenvalue weighted by molar-refractivity contribution is 7.92. The van der Waals surface area contributed by atoms with Gasteiger partial charge in [-0.15, -0.1) is 0 Å². The molecule has 0 saturated heterocycles. The Balaban J connectivity index is 2.10. The molecule has 0 aliphatic rings. The quantitative estimate of drug-likeness (QED) is 0.720. The van der Waals surface area contributed by atoms with Gasteiger partial charge >= 0.3 is 5.97 Å². The topological polar surface area (TPSA) is 119 Å². The Morgan fingerprint density at radius 1 is 1.53 bits per heavy atom. The van der Waals surface area contributed by atoms with E-state index in [-0.39, 0.29) is 17.3 Å². The second-order valence-electron chi connectivity index (χ2n) is 3.52. The van der Waals surface area contributed by atoms with Crippen LogP contribution in [0.25, 0.3) is 0 Å². The lowest BCUT2D eigenvalue weighted by Gasteiger charge is -2.02. The molecule has 0 radical (unpaired) electrons. The molecule has 0 bridgehead atoms. The highest BCUT2D eigenvalue weighted by Gasteiger charge is 2.16. The van der Waals surface area contributed by atoms with E-state index < -0.39 is 16.0 Å². The summed E-state index contributed by atoms with van der Waals surface area (Å²) in [4.78, 5) is 17.1. The molecular formula is C9H11N5O4S. The zero-order chi connectivity index (χ0) is 13.9. The number of esters is 1. The fourth-order valence-electron chi connectivity index (χ4n) is 1.30. The number of sulfonamides is 1. The van der Waals surface area contributed by atoms with E-state index in [9.17, 15) is 13.2 Å². The van der Waals surface area contributed by atoms with Crippen LogP contribution in [0, 0.1) is 0 Å². The predicted octanol–water partition coefficient (Wildman–Crippen LogP) is -0.420. The minimum Gasteiger partial charge on any atom is -0.468 e. The largest absolute Gasteiger partial charge is 0.468 e. The van der Waals surface area contributed by atoms with Crippen LogP contribution in [0.15, 0.2) is 29.9 Å². The van der Waals surface area contributed by atoms with Crippen molar-refractivity contribution in [3.63, 3.8) is 0 Å². The second kappa shape index (κ2) is 5.10. The number of aromatic nitrogens is 4. The molecule has 2 aromatic rings. The molecule has 0 spiro atoms. The highest BCUT2D eigenvalue weighted by atomic mass is 32.2. The van der Waals surface area contributed by atoms with Crippen molar-refractivity contribution in [1.29, 1.82) is 0 Å². The summed E-state index contributed by atoms with van der Waals surface area (Å²) in [6.45, 7) is -0.0950. The van der Waals surface area contributed by atoms with E-state index in [1.54, 1.807) is 0 Å². The van der Waals surface area contributed by atoms with Crippen molar-refractivity contribution in [3.05, 3.63) is 24.9 Å². The van der Waals surface area contributed by atoms with Gasteiger partial charge in [-0.25, -0.2) is 4.98 Å². The van der Waals surface area contributed by atoms with Crippen LogP contribution in [0.3, 0.4) is 0 Å². The van der Waals surface area contributed by atoms with E-state index >= 15 is 0 Å². The van der Waals surface area contributed by atoms with Crippen molar-refractivity contribution in [2.24, 2.45) is 0 Å². The van der Waals surface area contributed by atoms with Crippen LogP contribution in [0.5, 0.6) is 0 Å². The third-order valence-electron chi connectivity index (χ3n) is 2.17. The molecular weight excluding hydrogens is 274 g/mol. The van der Waals surface area contributed by atoms with Gasteiger partial charge in [0.2, 0.25) is 0 Å². The molecule has 19 heavy (non-hydrogen) atoms. The third-order valence-corrected chi connectivity index (χ3v) is 3.47. The van der Waals surface area contributed by atoms with Crippen LogP contribution in [0.4, 0.5) is 5.69 Å². The minimum absolute atomic E-state index is 0.0618. The molecule has 2 aromatic heterocycles. The average Bonchev–Trinajstić information content (AvgIpc) is 3.00. The summed E-state index contributed by atoms with van der Waals surface area (Å²) in [6, 6.07) is 0. The van der Waals surface area contributed by atoms with Crippen molar-refractivity contribution < 1.29 is 17.9 Å². The Kier molecular flexibility index (Phi) is 3.51. The number of nitrogens with zero attached hydrogens (tertiary/aromatic N) is 3. The molecule has 0 aliphatic heterocycles. The number of hydrogen-bond donors (Lipinski definition) is 2. The van der Waals surface area contributed by atoms with Crippen molar-refractivity contribution in [1.82, 2.24) is 19.7 Å². The first-order valence-electron chi connectivity index (χ1n) is 5.12. The lowest BCUT2D eigenvalue weighted by Crippen LogP contribution is -2.13. The van der Waals surface area contributed by atoms with Gasteiger partial charge in [0.15, 0.2) is 5.03 Å². The molecule has 0 unspecified atom stereocenters. The number of H-pyrrole nitrogens is 1. The minimum atomic E-state index is -3.73. The van der Waals surface area contributed by atoms with Crippen molar-refractivity contribution in [2.45, 2.75) is 11.6 Å². The number of anilines is 1. The van der Waals surface area contributed by atoms with Gasteiger partial charge in [-0.2, -0.15) is 13.5 Å². The number of nitrogens with one attached hydrogen (secondary N) is 2. The molecule has 0 amide bonds. The number of aromatic amines is 1. The summed E-state index contributed by atoms with van der Waals surface area (Å²) in [5, 5.41) is 3.77. The maximum atomic E-state index is 11.8. The van der Waals surface area contributed by atoms with Gasteiger partial charge in [-0.1, -0.05) is 0 Å². The maximum absolute atomic E-state index is 11.8. The first-order valence-corrected chi connectivity index (χ1v) is 6.60. The van der Waals surface area contributed by atoms with E-state index in [1.165, 1.54) is 36.7 Å². The molecule has 0 aromatic carbocycles. The molecule has 9 nitrogen and oxygen atoms in total. The van der Waals surface area contributed by atoms with Crippen LogP contribution >= 0.6 is 0 Å². The monoisotopic (exact) mass is 285 g/mol. The van der Waals surface area contributed by atoms with Gasteiger partial charge in [0.1, 0.15) is 6.54 Å². The number of carbonyl (C=O) groups excluding carboxylic acids is 1. The molecule has 2 heterocycles. The summed E-state index contributed by atoms with van der Waals surface area (Å²) >= 11 is 0. The first kappa shape index (κ1) is 13.1. The molecule has 0 aliphatic carbocycles. The highest BCUT2D eigenvalue weighted by Crippen LogP contribution is 2.12. The molecule has 2 N–H and O–H groups in total. The lowest BCUT2D eigenvalue weighted by atomic mass is 10.6. The third kappa shape index (κ3) is 3.10. The summed E-state index contributed by atoms with van der Waals surface area (Å²) < 4.78 is 31.7. The van der Waals surface area contributed by atoms with E-state index in [2.05, 4.69) is 24.5 Å². The van der Waals surface area contributed by atoms with Crippen molar-refractivity contribution >= 4 is 21.7 Å². The molecule has 0 fully saturated rings. The molecule has 2 rings (SSSR count). The fourth-order valence-corrected chi connectivity index (χ4v) is 2.23. The van der Waals surface area contributed by atoms with E-state index in [0.29, 0.717) is 0 Å². The molecule has 102 valence electrons. The van der Waals surface area contributed by atoms with Gasteiger partial charge in [-0.05, 0) is 0 Å². The van der Waals surface area contributed by atoms with Crippen LogP contribution in [-0.2, 0) is 26.1 Å². The van der Waals surface area contributed by atoms with E-state index in [1.807, 2.05) is 0 Å². The Bertz CT molecular complexity index is 661. The van der Waals surface area contributed by atoms with Gasteiger partial charge in [0.25, 0.3) is 10.0 Å². The van der Waals surface area contributed by atoms with Gasteiger partial charge in [-0.3, -0.25) is 14.2 Å². The maximum Gasteiger partial charge on any atom is 0.327 e. The first-order chi connectivity index (χ1) is 9.01. The zero-order valence-electron chi connectivity index (χ0n) is 9.90. The Morgan fingerprint density at radius 3 is 2.95 bits per heavy atom. The normalized spacial score (nSPS) is 11.2. The van der Waals surface area contributed by atoms with Gasteiger partial charge in [0, 0.05) is 6.20 Å². The summed E-state index contributed by atoms with van der Waals surface area (Å²) in [7, 11) is -2.47. The van der Waals surface area contributed by atoms with Crippen LogP contribution < -0.4 is 4.72 Å². The number of imidazole rings is 1. The van der Waals surface area contributed by atoms with Crippen molar-refractivity contribution in [3.8, 4) is 0 Å². The van der Waals surface area contributed by atoms with Gasteiger partial charge < -0.3 is 9.72 Å². The number of rotatable bonds is 5. The average molecular weight is 285 g/mol. The second-order valence-corrected chi connectivity index (χ2v) is 5.17. The zero-order valence-corrected chi connectivity index (χ0v) is 10.7. The smallest absolute Gasteiger partial charge is 0.327 e. The van der Waals surface area contributed by atoms with E-state index in [0.717, 1.165) is 0 Å². The van der Waals surface area contributed by atoms with E-state index in [4.69, 9.17) is 0 Å². The standard InChI is InChI=1S/C9H11N5O4S/c1-18-9(15)5-14-4-7(2-12-14)13-19(16,17)8-3-10-6-11-8/h2-4,6,13H,5H2,1H3,(H,10,11). The number of ether oxygens (including phenoxy) is 1. The lowest BCUT2D eigenvalue weighted by molar-refractivity contribution is -0.141. The predicted molar refractivity (Wildman–Crippen MR) is 63.6 cm³/mol. The number of hydrogen-bond acceptors (Lipinski definition) is 6. The van der Waals surface area contributed by atoms with Crippen LogP contribution in [-0.4, -0.2) is 41.2 Å². The van der Waals surface area contributed by atoms with Crippen LogP contribution in [0.1, 0.15) is 0 Å². The summed E-state index contributed by atoms with van der Waals surface area (Å²) in [5.41, 5.74) is 0.235. The Labute approximate surface area is 108 Å². The Morgan fingerprint density at radius 2 is 2.32 bits per heavy atom. The molecule has 0 atom stereocenters. The molecule has 10 heteroatoms. The Hall–Kier alpha value is -2.36. The summed E-state index contributed by atoms with van der Waals surface area (Å²) in [5.74, 6) is -0.480. The fraction of sp³-hybridized carbons (Fsp3) is 0.222.